The lowest BCUT2D eigenvalue weighted by molar-refractivity contribution is -0.131. The van der Waals surface area contributed by atoms with Crippen molar-refractivity contribution in [3.05, 3.63) is 0 Å². The van der Waals surface area contributed by atoms with E-state index < -0.39 is 0 Å². The molecule has 0 saturated heterocycles. The molecule has 28 heavy (non-hydrogen) atoms. The third-order valence-electron chi connectivity index (χ3n) is 5.91. The lowest BCUT2D eigenvalue weighted by Crippen LogP contribution is -2.32. The highest BCUT2D eigenvalue weighted by Gasteiger charge is 2.12. The summed E-state index contributed by atoms with van der Waals surface area (Å²) in [6.45, 7) is 8.76. The van der Waals surface area contributed by atoms with Gasteiger partial charge in [0.05, 0.1) is 0 Å². The van der Waals surface area contributed by atoms with E-state index in [1.165, 1.54) is 116 Å². The second-order valence-corrected chi connectivity index (χ2v) is 8.79. The van der Waals surface area contributed by atoms with Gasteiger partial charge in [0.2, 0.25) is 5.91 Å². The summed E-state index contributed by atoms with van der Waals surface area (Å²) in [5.41, 5.74) is 0. The fourth-order valence-corrected chi connectivity index (χ4v) is 3.92. The Kier molecular flexibility index (Phi) is 22.3. The number of hydrogen-bond donors (Lipinski definition) is 0. The van der Waals surface area contributed by atoms with Gasteiger partial charge in [0.1, 0.15) is 0 Å². The van der Waals surface area contributed by atoms with Gasteiger partial charge in [-0.25, -0.2) is 0 Å². The van der Waals surface area contributed by atoms with E-state index >= 15 is 0 Å². The number of rotatable bonds is 22. The van der Waals surface area contributed by atoms with Gasteiger partial charge >= 0.3 is 0 Å². The van der Waals surface area contributed by atoms with E-state index in [0.29, 0.717) is 5.91 Å². The predicted molar refractivity (Wildman–Crippen MR) is 126 cm³/mol. The molecule has 0 aliphatic carbocycles. The van der Waals surface area contributed by atoms with Crippen LogP contribution in [-0.2, 0) is 4.79 Å². The summed E-state index contributed by atoms with van der Waals surface area (Å²) in [7, 11) is 0. The summed E-state index contributed by atoms with van der Waals surface area (Å²) in [6, 6.07) is 0. The maximum Gasteiger partial charge on any atom is 0.222 e. The molecule has 0 radical (unpaired) electrons. The zero-order valence-corrected chi connectivity index (χ0v) is 19.9. The minimum absolute atomic E-state index is 0.416. The van der Waals surface area contributed by atoms with Crippen LogP contribution in [0, 0.1) is 0 Å². The highest BCUT2D eigenvalue weighted by molar-refractivity contribution is 5.76. The number of hydrogen-bond acceptors (Lipinski definition) is 1. The smallest absolute Gasteiger partial charge is 0.222 e. The van der Waals surface area contributed by atoms with Crippen molar-refractivity contribution in [2.45, 2.75) is 149 Å². The summed E-state index contributed by atoms with van der Waals surface area (Å²) in [5, 5.41) is 0. The lowest BCUT2D eigenvalue weighted by atomic mass is 10.1. The van der Waals surface area contributed by atoms with Crippen molar-refractivity contribution in [3.63, 3.8) is 0 Å². The van der Waals surface area contributed by atoms with Crippen LogP contribution < -0.4 is 0 Å². The Hall–Kier alpha value is -0.530. The maximum absolute atomic E-state index is 12.6. The molecule has 0 spiro atoms. The number of unbranched alkanes of at least 4 members (excludes halogenated alkanes) is 16. The van der Waals surface area contributed by atoms with Crippen LogP contribution in [0.3, 0.4) is 0 Å². The summed E-state index contributed by atoms with van der Waals surface area (Å²) < 4.78 is 0. The van der Waals surface area contributed by atoms with Crippen molar-refractivity contribution in [1.82, 2.24) is 4.90 Å². The van der Waals surface area contributed by atoms with Crippen LogP contribution in [-0.4, -0.2) is 23.9 Å². The van der Waals surface area contributed by atoms with Gasteiger partial charge in [-0.3, -0.25) is 4.79 Å². The minimum Gasteiger partial charge on any atom is -0.343 e. The molecule has 0 N–H and O–H groups in total. The number of carbonyl (C=O) groups is 1. The Morgan fingerprint density at radius 2 is 0.786 bits per heavy atom. The number of amides is 1. The second kappa shape index (κ2) is 22.8. The molecule has 0 aromatic heterocycles. The quantitative estimate of drug-likeness (QED) is 0.168. The molecule has 0 saturated carbocycles. The van der Waals surface area contributed by atoms with Crippen molar-refractivity contribution < 1.29 is 4.79 Å². The molecule has 1 amide bonds. The van der Waals surface area contributed by atoms with Crippen molar-refractivity contribution in [2.75, 3.05) is 13.1 Å². The molecule has 2 nitrogen and oxygen atoms in total. The molecule has 0 fully saturated rings. The summed E-state index contributed by atoms with van der Waals surface area (Å²) in [4.78, 5) is 14.8. The monoisotopic (exact) mass is 395 g/mol. The van der Waals surface area contributed by atoms with E-state index in [1.54, 1.807) is 0 Å². The van der Waals surface area contributed by atoms with Gasteiger partial charge in [-0.2, -0.15) is 0 Å². The van der Waals surface area contributed by atoms with Gasteiger partial charge < -0.3 is 4.90 Å². The van der Waals surface area contributed by atoms with Gasteiger partial charge in [-0.1, -0.05) is 124 Å². The molecule has 0 aliphatic rings. The molecule has 168 valence electrons. The average molecular weight is 396 g/mol. The standard InChI is InChI=1S/C26H53NO/c1-4-7-10-12-14-16-18-21-24-27(26(28)23-20-9-6-3)25-22-19-17-15-13-11-8-5-2/h4-25H2,1-3H3. The highest BCUT2D eigenvalue weighted by atomic mass is 16.2. The van der Waals surface area contributed by atoms with Crippen molar-refractivity contribution >= 4 is 5.91 Å². The SMILES string of the molecule is CCCCCCCCCCN(CCCCCCCCCC)C(=O)CCCCC. The molecule has 0 atom stereocenters. The van der Waals surface area contributed by atoms with E-state index in [0.717, 1.165) is 25.9 Å². The van der Waals surface area contributed by atoms with Crippen molar-refractivity contribution in [3.8, 4) is 0 Å². The minimum atomic E-state index is 0.416. The van der Waals surface area contributed by atoms with Crippen LogP contribution in [0.5, 0.6) is 0 Å². The Balaban J connectivity index is 3.93. The summed E-state index contributed by atoms with van der Waals surface area (Å²) in [6.07, 6.45) is 25.7. The third kappa shape index (κ3) is 18.8. The van der Waals surface area contributed by atoms with Crippen LogP contribution in [0.4, 0.5) is 0 Å². The first kappa shape index (κ1) is 27.5. The highest BCUT2D eigenvalue weighted by Crippen LogP contribution is 2.12. The summed E-state index contributed by atoms with van der Waals surface area (Å²) in [5.74, 6) is 0.416. The third-order valence-corrected chi connectivity index (χ3v) is 5.91. The summed E-state index contributed by atoms with van der Waals surface area (Å²) >= 11 is 0. The molecular weight excluding hydrogens is 342 g/mol. The van der Waals surface area contributed by atoms with Crippen LogP contribution in [0.25, 0.3) is 0 Å². The van der Waals surface area contributed by atoms with E-state index in [4.69, 9.17) is 0 Å². The molecule has 0 bridgehead atoms. The normalized spacial score (nSPS) is 11.1. The second-order valence-electron chi connectivity index (χ2n) is 8.79. The fourth-order valence-electron chi connectivity index (χ4n) is 3.92. The van der Waals surface area contributed by atoms with E-state index in [1.807, 2.05) is 0 Å². The fraction of sp³-hybridized carbons (Fsp3) is 0.962. The zero-order chi connectivity index (χ0) is 20.7. The number of carbonyl (C=O) groups excluding carboxylic acids is 1. The first-order valence-electron chi connectivity index (χ1n) is 13.0. The first-order valence-corrected chi connectivity index (χ1v) is 13.0. The molecule has 0 aliphatic heterocycles. The largest absolute Gasteiger partial charge is 0.343 e. The Labute approximate surface area is 178 Å². The predicted octanol–water partition coefficient (Wildman–Crippen LogP) is 8.68. The van der Waals surface area contributed by atoms with Crippen LogP contribution >= 0.6 is 0 Å². The molecule has 0 unspecified atom stereocenters. The van der Waals surface area contributed by atoms with Gasteiger partial charge in [-0.05, 0) is 19.3 Å². The molecule has 0 aromatic rings. The maximum atomic E-state index is 12.6. The first-order chi connectivity index (χ1) is 13.8. The van der Waals surface area contributed by atoms with E-state index in [2.05, 4.69) is 25.7 Å². The van der Waals surface area contributed by atoms with E-state index in [9.17, 15) is 4.79 Å². The van der Waals surface area contributed by atoms with E-state index in [-0.39, 0.29) is 0 Å². The van der Waals surface area contributed by atoms with Crippen LogP contribution in [0.1, 0.15) is 149 Å². The molecule has 2 heteroatoms. The molecule has 0 aromatic carbocycles. The van der Waals surface area contributed by atoms with Gasteiger partial charge in [0.15, 0.2) is 0 Å². The Morgan fingerprint density at radius 3 is 1.18 bits per heavy atom. The number of nitrogens with zero attached hydrogens (tertiary/aromatic N) is 1. The Bertz CT molecular complexity index is 296. The topological polar surface area (TPSA) is 20.3 Å². The zero-order valence-electron chi connectivity index (χ0n) is 19.9. The van der Waals surface area contributed by atoms with Crippen molar-refractivity contribution in [2.24, 2.45) is 0 Å². The molecular formula is C26H53NO. The van der Waals surface area contributed by atoms with Gasteiger partial charge in [0.25, 0.3) is 0 Å². The van der Waals surface area contributed by atoms with Crippen LogP contribution in [0.15, 0.2) is 0 Å². The Morgan fingerprint density at radius 1 is 0.464 bits per heavy atom. The van der Waals surface area contributed by atoms with Gasteiger partial charge in [-0.15, -0.1) is 0 Å². The van der Waals surface area contributed by atoms with Gasteiger partial charge in [0, 0.05) is 19.5 Å². The molecule has 0 rings (SSSR count). The average Bonchev–Trinajstić information content (AvgIpc) is 2.70. The van der Waals surface area contributed by atoms with Crippen LogP contribution in [0.2, 0.25) is 0 Å². The molecule has 0 heterocycles. The van der Waals surface area contributed by atoms with Crippen molar-refractivity contribution in [1.29, 1.82) is 0 Å². The lowest BCUT2D eigenvalue weighted by Gasteiger charge is -2.23.